The molecule has 0 radical (unpaired) electrons. The summed E-state index contributed by atoms with van der Waals surface area (Å²) in [6, 6.07) is 22.7. The number of nitrogens with zero attached hydrogens (tertiary/aromatic N) is 3. The van der Waals surface area contributed by atoms with Gasteiger partial charge in [-0.05, 0) is 91.5 Å². The van der Waals surface area contributed by atoms with Gasteiger partial charge < -0.3 is 9.33 Å². The van der Waals surface area contributed by atoms with Crippen LogP contribution in [-0.2, 0) is 27.4 Å². The Morgan fingerprint density at radius 1 is 0.896 bits per heavy atom. The summed E-state index contributed by atoms with van der Waals surface area (Å²) in [5.74, 6) is 1.10. The first kappa shape index (κ1) is 39.4. The first-order valence-corrected chi connectivity index (χ1v) is 22.0. The van der Waals surface area contributed by atoms with Gasteiger partial charge in [0.2, 0.25) is 10.0 Å². The van der Waals surface area contributed by atoms with Crippen LogP contribution in [0.5, 0.6) is 0 Å². The first-order valence-electron chi connectivity index (χ1n) is 17.4. The molecule has 3 aromatic carbocycles. The molecule has 0 bridgehead atoms. The zero-order valence-corrected chi connectivity index (χ0v) is 32.0. The molecule has 0 heterocycles. The van der Waals surface area contributed by atoms with Gasteiger partial charge in [0.1, 0.15) is 0 Å². The summed E-state index contributed by atoms with van der Waals surface area (Å²) in [5.41, 5.74) is 3.08. The second-order valence-corrected chi connectivity index (χ2v) is 20.4. The van der Waals surface area contributed by atoms with E-state index in [1.54, 1.807) is 22.5 Å². The molecule has 8 nitrogen and oxygen atoms in total. The molecule has 0 aliphatic heterocycles. The number of anilines is 1. The average molecular weight is 696 g/mol. The van der Waals surface area contributed by atoms with Crippen LogP contribution in [0.4, 0.5) is 11.4 Å². The third kappa shape index (κ3) is 12.4. The Morgan fingerprint density at radius 3 is 2.23 bits per heavy atom. The van der Waals surface area contributed by atoms with Gasteiger partial charge in [-0.3, -0.25) is 10.1 Å². The van der Waals surface area contributed by atoms with Crippen molar-refractivity contribution < 1.29 is 17.8 Å². The Labute approximate surface area is 290 Å². The maximum atomic E-state index is 14.6. The van der Waals surface area contributed by atoms with Crippen molar-refractivity contribution in [1.29, 1.82) is 0 Å². The molecular formula is C38H57N3O5SSi. The molecule has 264 valence electrons. The van der Waals surface area contributed by atoms with E-state index in [0.29, 0.717) is 29.5 Å². The molecule has 1 atom stereocenters. The van der Waals surface area contributed by atoms with Crippen molar-refractivity contribution in [3.63, 3.8) is 0 Å². The van der Waals surface area contributed by atoms with Crippen LogP contribution in [0, 0.1) is 22.0 Å². The highest BCUT2D eigenvalue weighted by atomic mass is 32.2. The SMILES string of the molecule is CCCCC(CCCCN(Cc1ccccc1)S(=O)(=O)c1ccc(N(C)C)cc1Cc1cccc([N+](=O)[O-])c1)CO[Si](C)(C)CC(C)C. The summed E-state index contributed by atoms with van der Waals surface area (Å²) in [4.78, 5) is 13.2. The van der Waals surface area contributed by atoms with E-state index in [2.05, 4.69) is 33.9 Å². The van der Waals surface area contributed by atoms with Crippen LogP contribution >= 0.6 is 0 Å². The molecule has 0 amide bonds. The zero-order chi connectivity index (χ0) is 35.3. The standard InChI is InChI=1S/C38H57N3O5SSi/c1-8-9-16-33(29-46-48(6,7)30-31(2)3)19-13-14-24-40(28-32-17-11-10-12-18-32)47(44,45)38-23-22-36(39(4)5)27-35(38)25-34-20-15-21-37(26-34)41(42)43/h10-12,15,17-18,20-23,26-27,31,33H,8-9,13-14,16,19,24-25,28-30H2,1-7H3. The van der Waals surface area contributed by atoms with Gasteiger partial charge in [0.25, 0.3) is 5.69 Å². The highest BCUT2D eigenvalue weighted by Gasteiger charge is 2.29. The first-order chi connectivity index (χ1) is 22.7. The Bertz CT molecular complexity index is 1550. The topological polar surface area (TPSA) is 93.0 Å². The van der Waals surface area contributed by atoms with Crippen LogP contribution in [0.3, 0.4) is 0 Å². The lowest BCUT2D eigenvalue weighted by Gasteiger charge is -2.28. The molecule has 1 unspecified atom stereocenters. The summed E-state index contributed by atoms with van der Waals surface area (Å²) in [5, 5.41) is 11.5. The summed E-state index contributed by atoms with van der Waals surface area (Å²) >= 11 is 0. The normalized spacial score (nSPS) is 12.9. The quantitative estimate of drug-likeness (QED) is 0.0477. The van der Waals surface area contributed by atoms with Crippen LogP contribution in [0.15, 0.2) is 77.7 Å². The van der Waals surface area contributed by atoms with Crippen molar-refractivity contribution in [3.05, 3.63) is 99.6 Å². The molecule has 3 aromatic rings. The Balaban J connectivity index is 1.86. The second kappa shape index (κ2) is 18.6. The fourth-order valence-corrected chi connectivity index (χ4v) is 10.8. The van der Waals surface area contributed by atoms with Crippen molar-refractivity contribution in [1.82, 2.24) is 4.31 Å². The number of hydrogen-bond donors (Lipinski definition) is 0. The van der Waals surface area contributed by atoms with Crippen molar-refractivity contribution in [2.75, 3.05) is 32.1 Å². The smallest absolute Gasteiger partial charge is 0.269 e. The number of non-ortho nitro benzene ring substituents is 1. The van der Waals surface area contributed by atoms with E-state index in [-0.39, 0.29) is 23.5 Å². The summed E-state index contributed by atoms with van der Waals surface area (Å²) in [6.07, 6.45) is 6.40. The maximum Gasteiger partial charge on any atom is 0.269 e. The summed E-state index contributed by atoms with van der Waals surface area (Å²) in [7, 11) is -1.81. The Kier molecular flexibility index (Phi) is 15.3. The second-order valence-electron chi connectivity index (χ2n) is 14.3. The minimum Gasteiger partial charge on any atom is -0.417 e. The van der Waals surface area contributed by atoms with Crippen molar-refractivity contribution in [2.24, 2.45) is 11.8 Å². The molecule has 0 N–H and O–H groups in total. The Hall–Kier alpha value is -3.05. The van der Waals surface area contributed by atoms with Crippen LogP contribution < -0.4 is 4.90 Å². The van der Waals surface area contributed by atoms with Gasteiger partial charge in [-0.1, -0.05) is 82.5 Å². The molecule has 10 heteroatoms. The third-order valence-corrected chi connectivity index (χ3v) is 13.4. The predicted octanol–water partition coefficient (Wildman–Crippen LogP) is 9.30. The van der Waals surface area contributed by atoms with Crippen molar-refractivity contribution >= 4 is 29.7 Å². The highest BCUT2D eigenvalue weighted by Crippen LogP contribution is 2.30. The molecule has 0 saturated heterocycles. The monoisotopic (exact) mass is 695 g/mol. The molecule has 3 rings (SSSR count). The molecule has 0 aliphatic rings. The third-order valence-electron chi connectivity index (χ3n) is 8.74. The van der Waals surface area contributed by atoms with Gasteiger partial charge in [0, 0.05) is 51.6 Å². The van der Waals surface area contributed by atoms with E-state index in [0.717, 1.165) is 56.0 Å². The van der Waals surface area contributed by atoms with E-state index in [4.69, 9.17) is 4.43 Å². The van der Waals surface area contributed by atoms with E-state index >= 15 is 0 Å². The molecule has 0 aliphatic carbocycles. The molecule has 0 fully saturated rings. The van der Waals surface area contributed by atoms with E-state index < -0.39 is 23.3 Å². The number of nitro benzene ring substituents is 1. The number of rotatable bonds is 21. The average Bonchev–Trinajstić information content (AvgIpc) is 3.03. The van der Waals surface area contributed by atoms with Crippen molar-refractivity contribution in [3.8, 4) is 0 Å². The number of unbranched alkanes of at least 4 members (excludes halogenated alkanes) is 2. The fourth-order valence-electron chi connectivity index (χ4n) is 6.35. The van der Waals surface area contributed by atoms with Gasteiger partial charge >= 0.3 is 0 Å². The predicted molar refractivity (Wildman–Crippen MR) is 201 cm³/mol. The summed E-state index contributed by atoms with van der Waals surface area (Å²) in [6.45, 7) is 12.8. The number of sulfonamides is 1. The van der Waals surface area contributed by atoms with Gasteiger partial charge in [-0.15, -0.1) is 0 Å². The van der Waals surface area contributed by atoms with Crippen LogP contribution in [0.25, 0.3) is 0 Å². The zero-order valence-electron chi connectivity index (χ0n) is 30.2. The maximum absolute atomic E-state index is 14.6. The molecule has 48 heavy (non-hydrogen) atoms. The van der Waals surface area contributed by atoms with Crippen LogP contribution in [-0.4, -0.2) is 53.2 Å². The molecular weight excluding hydrogens is 639 g/mol. The van der Waals surface area contributed by atoms with Crippen molar-refractivity contribution in [2.45, 2.75) is 96.3 Å². The number of hydrogen-bond acceptors (Lipinski definition) is 6. The van der Waals surface area contributed by atoms with Gasteiger partial charge in [0.05, 0.1) is 9.82 Å². The lowest BCUT2D eigenvalue weighted by molar-refractivity contribution is -0.384. The molecule has 0 aromatic heterocycles. The fraction of sp³-hybridized carbons (Fsp3) is 0.526. The number of benzene rings is 3. The van der Waals surface area contributed by atoms with Gasteiger partial charge in [-0.25, -0.2) is 8.42 Å². The lowest BCUT2D eigenvalue weighted by atomic mass is 9.97. The van der Waals surface area contributed by atoms with Gasteiger partial charge in [-0.2, -0.15) is 4.31 Å². The van der Waals surface area contributed by atoms with Gasteiger partial charge in [0.15, 0.2) is 8.32 Å². The molecule has 0 saturated carbocycles. The minimum atomic E-state index is -3.91. The van der Waals surface area contributed by atoms with Crippen LogP contribution in [0.2, 0.25) is 19.1 Å². The van der Waals surface area contributed by atoms with E-state index in [9.17, 15) is 18.5 Å². The Morgan fingerprint density at radius 2 is 1.58 bits per heavy atom. The molecule has 0 spiro atoms. The van der Waals surface area contributed by atoms with Crippen LogP contribution in [0.1, 0.15) is 76.0 Å². The highest BCUT2D eigenvalue weighted by molar-refractivity contribution is 7.89. The van der Waals surface area contributed by atoms with E-state index in [1.165, 1.54) is 18.6 Å². The lowest BCUT2D eigenvalue weighted by Crippen LogP contribution is -2.34. The number of nitro groups is 1. The van der Waals surface area contributed by atoms with E-state index in [1.807, 2.05) is 61.5 Å². The largest absolute Gasteiger partial charge is 0.417 e. The minimum absolute atomic E-state index is 0.0140. The summed E-state index contributed by atoms with van der Waals surface area (Å²) < 4.78 is 37.3.